The van der Waals surface area contributed by atoms with E-state index in [4.69, 9.17) is 5.73 Å². The molecule has 0 amide bonds. The van der Waals surface area contributed by atoms with E-state index in [0.29, 0.717) is 17.4 Å². The van der Waals surface area contributed by atoms with E-state index in [1.54, 1.807) is 6.07 Å². The molecule has 1 aromatic heterocycles. The van der Waals surface area contributed by atoms with Crippen LogP contribution >= 0.6 is 33.9 Å². The maximum absolute atomic E-state index is 12.9. The van der Waals surface area contributed by atoms with Crippen LogP contribution in [0.1, 0.15) is 19.4 Å². The molecule has 2 N–H and O–H groups in total. The molecule has 2 nitrogen and oxygen atoms in total. The minimum atomic E-state index is -4.19. The molecule has 1 saturated heterocycles. The zero-order valence-electron chi connectivity index (χ0n) is 13.5. The molecule has 0 bridgehead atoms. The van der Waals surface area contributed by atoms with E-state index in [1.165, 1.54) is 11.3 Å². The molecule has 1 fully saturated rings. The average molecular weight is 468 g/mol. The number of thiophene rings is 1. The lowest BCUT2D eigenvalue weighted by molar-refractivity contribution is -0.127. The van der Waals surface area contributed by atoms with Gasteiger partial charge in [0.1, 0.15) is 0 Å². The van der Waals surface area contributed by atoms with Crippen LogP contribution < -0.4 is 10.6 Å². The van der Waals surface area contributed by atoms with Gasteiger partial charge in [-0.05, 0) is 51.4 Å². The zero-order chi connectivity index (χ0) is 17.6. The van der Waals surface area contributed by atoms with Gasteiger partial charge in [0.2, 0.25) is 0 Å². The van der Waals surface area contributed by atoms with Crippen LogP contribution in [-0.4, -0.2) is 25.3 Å². The maximum atomic E-state index is 12.9. The summed E-state index contributed by atoms with van der Waals surface area (Å²) in [5.41, 5.74) is 7.66. The van der Waals surface area contributed by atoms with Crippen molar-refractivity contribution < 1.29 is 13.2 Å². The molecule has 24 heavy (non-hydrogen) atoms. The number of halogens is 4. The first kappa shape index (κ1) is 18.3. The molecule has 2 aromatic rings. The van der Waals surface area contributed by atoms with Gasteiger partial charge in [-0.3, -0.25) is 0 Å². The summed E-state index contributed by atoms with van der Waals surface area (Å²) in [6, 6.07) is 5.86. The summed E-state index contributed by atoms with van der Waals surface area (Å²) < 4.78 is 40.4. The molecule has 7 heteroatoms. The first-order valence-electron chi connectivity index (χ1n) is 7.94. The predicted molar refractivity (Wildman–Crippen MR) is 103 cm³/mol. The lowest BCUT2D eigenvalue weighted by Crippen LogP contribution is -2.51. The van der Waals surface area contributed by atoms with Crippen LogP contribution in [0.15, 0.2) is 18.2 Å². The van der Waals surface area contributed by atoms with Gasteiger partial charge in [0.15, 0.2) is 0 Å². The lowest BCUT2D eigenvalue weighted by atomic mass is 9.86. The smallest absolute Gasteiger partial charge is 0.370 e. The van der Waals surface area contributed by atoms with Crippen molar-refractivity contribution in [2.24, 2.45) is 17.6 Å². The SMILES string of the molecule is CC1CN(c2cccc3c(CC(F)(F)F)c(I)sc23)CC(C)C1N. The number of nitrogens with two attached hydrogens (primary N) is 1. The Bertz CT molecular complexity index is 731. The van der Waals surface area contributed by atoms with Crippen LogP contribution in [-0.2, 0) is 6.42 Å². The summed E-state index contributed by atoms with van der Waals surface area (Å²) in [5.74, 6) is 0.718. The van der Waals surface area contributed by atoms with Crippen LogP contribution in [0.3, 0.4) is 0 Å². The second-order valence-electron chi connectivity index (χ2n) is 6.74. The normalized spacial score (nSPS) is 25.5. The number of rotatable bonds is 2. The number of anilines is 1. The van der Waals surface area contributed by atoms with Crippen LogP contribution in [0.4, 0.5) is 18.9 Å². The fourth-order valence-corrected chi connectivity index (χ4v) is 5.74. The highest BCUT2D eigenvalue weighted by molar-refractivity contribution is 14.1. The topological polar surface area (TPSA) is 29.3 Å². The fourth-order valence-electron chi connectivity index (χ4n) is 3.51. The van der Waals surface area contributed by atoms with Crippen molar-refractivity contribution in [3.05, 3.63) is 26.6 Å². The summed E-state index contributed by atoms with van der Waals surface area (Å²) in [7, 11) is 0. The van der Waals surface area contributed by atoms with Gasteiger partial charge in [-0.15, -0.1) is 11.3 Å². The van der Waals surface area contributed by atoms with E-state index in [-0.39, 0.29) is 6.04 Å². The Morgan fingerprint density at radius 3 is 2.46 bits per heavy atom. The minimum Gasteiger partial charge on any atom is -0.370 e. The van der Waals surface area contributed by atoms with Gasteiger partial charge < -0.3 is 10.6 Å². The number of benzene rings is 1. The Hall–Kier alpha value is -0.540. The van der Waals surface area contributed by atoms with Gasteiger partial charge in [-0.1, -0.05) is 26.0 Å². The molecule has 0 saturated carbocycles. The van der Waals surface area contributed by atoms with Gasteiger partial charge in [0, 0.05) is 19.1 Å². The Morgan fingerprint density at radius 1 is 1.25 bits per heavy atom. The van der Waals surface area contributed by atoms with Crippen molar-refractivity contribution in [2.45, 2.75) is 32.5 Å². The van der Waals surface area contributed by atoms with Crippen LogP contribution in [0.5, 0.6) is 0 Å². The minimum absolute atomic E-state index is 0.171. The van der Waals surface area contributed by atoms with Crippen molar-refractivity contribution in [3.8, 4) is 0 Å². The molecular formula is C17H20F3IN2S. The van der Waals surface area contributed by atoms with Crippen molar-refractivity contribution in [2.75, 3.05) is 18.0 Å². The first-order valence-corrected chi connectivity index (χ1v) is 9.84. The van der Waals surface area contributed by atoms with E-state index in [2.05, 4.69) is 18.7 Å². The van der Waals surface area contributed by atoms with Crippen molar-refractivity contribution in [3.63, 3.8) is 0 Å². The van der Waals surface area contributed by atoms with Gasteiger partial charge in [0.05, 0.1) is 19.7 Å². The lowest BCUT2D eigenvalue weighted by Gasteiger charge is -2.41. The number of nitrogens with zero attached hydrogens (tertiary/aromatic N) is 1. The summed E-state index contributed by atoms with van der Waals surface area (Å²) in [5, 5.41) is 0.731. The molecular weight excluding hydrogens is 448 g/mol. The summed E-state index contributed by atoms with van der Waals surface area (Å²) in [4.78, 5) is 2.28. The highest BCUT2D eigenvalue weighted by atomic mass is 127. The number of piperidine rings is 1. The summed E-state index contributed by atoms with van der Waals surface area (Å²) >= 11 is 3.49. The van der Waals surface area contributed by atoms with Crippen LogP contribution in [0, 0.1) is 14.7 Å². The molecule has 2 atom stereocenters. The summed E-state index contributed by atoms with van der Waals surface area (Å²) in [6.45, 7) is 5.96. The third kappa shape index (κ3) is 3.53. The Labute approximate surface area is 157 Å². The van der Waals surface area contributed by atoms with Gasteiger partial charge in [-0.25, -0.2) is 0 Å². The van der Waals surface area contributed by atoms with Gasteiger partial charge in [0.25, 0.3) is 0 Å². The highest BCUT2D eigenvalue weighted by Crippen LogP contribution is 2.42. The molecule has 1 aliphatic rings. The second-order valence-corrected chi connectivity index (χ2v) is 9.57. The molecule has 1 aliphatic heterocycles. The molecule has 3 rings (SSSR count). The average Bonchev–Trinajstić information content (AvgIpc) is 2.79. The number of alkyl halides is 3. The van der Waals surface area contributed by atoms with Crippen LogP contribution in [0.2, 0.25) is 0 Å². The van der Waals surface area contributed by atoms with Gasteiger partial charge in [-0.2, -0.15) is 13.2 Å². The van der Waals surface area contributed by atoms with Gasteiger partial charge >= 0.3 is 6.18 Å². The largest absolute Gasteiger partial charge is 0.393 e. The Balaban J connectivity index is 2.03. The monoisotopic (exact) mass is 468 g/mol. The van der Waals surface area contributed by atoms with Crippen molar-refractivity contribution >= 4 is 49.7 Å². The van der Waals surface area contributed by atoms with E-state index in [9.17, 15) is 13.2 Å². The molecule has 132 valence electrons. The molecule has 2 heterocycles. The van der Waals surface area contributed by atoms with E-state index >= 15 is 0 Å². The standard InChI is InChI=1S/C17H20F3IN2S/c1-9-7-23(8-10(2)14(9)22)13-5-3-4-11-12(6-17(18,19)20)16(21)24-15(11)13/h3-5,9-10,14H,6-8,22H2,1-2H3. The molecule has 0 aliphatic carbocycles. The van der Waals surface area contributed by atoms with Crippen molar-refractivity contribution in [1.29, 1.82) is 0 Å². The quantitative estimate of drug-likeness (QED) is 0.627. The third-order valence-electron chi connectivity index (χ3n) is 4.80. The highest BCUT2D eigenvalue weighted by Gasteiger charge is 2.33. The summed E-state index contributed by atoms with van der Waals surface area (Å²) in [6.07, 6.45) is -5.06. The zero-order valence-corrected chi connectivity index (χ0v) is 16.5. The number of hydrogen-bond donors (Lipinski definition) is 1. The third-order valence-corrected chi connectivity index (χ3v) is 7.17. The molecule has 0 radical (unpaired) electrons. The van der Waals surface area contributed by atoms with Crippen LogP contribution in [0.25, 0.3) is 10.1 Å². The van der Waals surface area contributed by atoms with Crippen molar-refractivity contribution in [1.82, 2.24) is 0 Å². The predicted octanol–water partition coefficient (Wildman–Crippen LogP) is 5.03. The Morgan fingerprint density at radius 2 is 1.88 bits per heavy atom. The fraction of sp³-hybridized carbons (Fsp3) is 0.529. The second kappa shape index (κ2) is 6.64. The maximum Gasteiger partial charge on any atom is 0.393 e. The molecule has 1 aromatic carbocycles. The first-order chi connectivity index (χ1) is 11.2. The van der Waals surface area contributed by atoms with E-state index in [0.717, 1.165) is 31.7 Å². The number of fused-ring (bicyclic) bond motifs is 1. The molecule has 0 spiro atoms. The Kier molecular flexibility index (Phi) is 5.05. The van der Waals surface area contributed by atoms with E-state index < -0.39 is 12.6 Å². The number of hydrogen-bond acceptors (Lipinski definition) is 3. The van der Waals surface area contributed by atoms with E-state index in [1.807, 2.05) is 34.7 Å². The molecule has 2 unspecified atom stereocenters.